The van der Waals surface area contributed by atoms with E-state index in [2.05, 4.69) is 0 Å². The van der Waals surface area contributed by atoms with Crippen molar-refractivity contribution in [2.24, 2.45) is 5.73 Å². The van der Waals surface area contributed by atoms with Crippen molar-refractivity contribution in [2.75, 3.05) is 6.61 Å². The lowest BCUT2D eigenvalue weighted by Crippen LogP contribution is -2.39. The number of ether oxygens (including phenoxy) is 1. The maximum absolute atomic E-state index is 10.5. The summed E-state index contributed by atoms with van der Waals surface area (Å²) in [6.07, 6.45) is 5.71. The molecule has 2 rings (SSSR count). The Hall–Kier alpha value is -0.900. The monoisotopic (exact) mass is 263 g/mol. The molecule has 0 aliphatic heterocycles. The predicted octanol–water partition coefficient (Wildman–Crippen LogP) is 2.57. The van der Waals surface area contributed by atoms with E-state index in [1.165, 1.54) is 19.3 Å². The van der Waals surface area contributed by atoms with Gasteiger partial charge in [-0.2, -0.15) is 0 Å². The Kier molecular flexibility index (Phi) is 4.97. The van der Waals surface area contributed by atoms with Crippen LogP contribution in [0.3, 0.4) is 0 Å². The zero-order chi connectivity index (χ0) is 13.7. The van der Waals surface area contributed by atoms with Crippen LogP contribution < -0.4 is 5.73 Å². The maximum atomic E-state index is 10.5. The molecule has 3 N–H and O–H groups in total. The van der Waals surface area contributed by atoms with Crippen LogP contribution in [0.2, 0.25) is 0 Å². The first-order valence-corrected chi connectivity index (χ1v) is 7.25. The van der Waals surface area contributed by atoms with Gasteiger partial charge >= 0.3 is 0 Å². The molecule has 1 fully saturated rings. The zero-order valence-corrected chi connectivity index (χ0v) is 11.7. The number of hydrogen-bond acceptors (Lipinski definition) is 3. The highest BCUT2D eigenvalue weighted by molar-refractivity contribution is 5.21. The second kappa shape index (κ2) is 6.51. The number of benzene rings is 1. The largest absolute Gasteiger partial charge is 0.383 e. The van der Waals surface area contributed by atoms with Gasteiger partial charge in [-0.3, -0.25) is 0 Å². The highest BCUT2D eigenvalue weighted by atomic mass is 16.5. The van der Waals surface area contributed by atoms with Crippen molar-refractivity contribution in [2.45, 2.75) is 56.8 Å². The Morgan fingerprint density at radius 2 is 1.89 bits per heavy atom. The van der Waals surface area contributed by atoms with Crippen LogP contribution in [0.4, 0.5) is 0 Å². The molecule has 1 aliphatic rings. The van der Waals surface area contributed by atoms with E-state index in [1.54, 1.807) is 6.92 Å². The summed E-state index contributed by atoms with van der Waals surface area (Å²) in [5.74, 6) is 0. The molecule has 0 radical (unpaired) electrons. The van der Waals surface area contributed by atoms with Crippen LogP contribution in [0, 0.1) is 0 Å². The fourth-order valence-electron chi connectivity index (χ4n) is 2.66. The molecule has 0 saturated heterocycles. The van der Waals surface area contributed by atoms with Gasteiger partial charge < -0.3 is 15.6 Å². The van der Waals surface area contributed by atoms with Crippen LogP contribution >= 0.6 is 0 Å². The summed E-state index contributed by atoms with van der Waals surface area (Å²) in [6, 6.07) is 9.77. The smallest absolute Gasteiger partial charge is 0.110 e. The second-order valence-electron chi connectivity index (χ2n) is 5.79. The summed E-state index contributed by atoms with van der Waals surface area (Å²) < 4.78 is 5.92. The van der Waals surface area contributed by atoms with Crippen molar-refractivity contribution >= 4 is 0 Å². The predicted molar refractivity (Wildman–Crippen MR) is 76.8 cm³/mol. The molecule has 1 aromatic carbocycles. The standard InChI is InChI=1S/C16H25NO2/c1-16(18,13-8-4-2-5-9-13)12-19-15-11-7-3-6-10-14(15)17/h2,4-5,8-9,14-15,18H,3,6-7,10-12,17H2,1H3. The van der Waals surface area contributed by atoms with Gasteiger partial charge in [0, 0.05) is 6.04 Å². The fraction of sp³-hybridized carbons (Fsp3) is 0.625. The molecule has 3 atom stereocenters. The van der Waals surface area contributed by atoms with Crippen molar-refractivity contribution in [3.05, 3.63) is 35.9 Å². The van der Waals surface area contributed by atoms with Gasteiger partial charge in [0.25, 0.3) is 0 Å². The van der Waals surface area contributed by atoms with Gasteiger partial charge in [0.05, 0.1) is 12.7 Å². The van der Waals surface area contributed by atoms with Gasteiger partial charge in [0.2, 0.25) is 0 Å². The summed E-state index contributed by atoms with van der Waals surface area (Å²) in [5.41, 5.74) is 6.08. The van der Waals surface area contributed by atoms with E-state index in [4.69, 9.17) is 10.5 Å². The third-order valence-corrected chi connectivity index (χ3v) is 3.98. The molecule has 3 unspecified atom stereocenters. The van der Waals surface area contributed by atoms with Gasteiger partial charge in [-0.25, -0.2) is 0 Å². The second-order valence-corrected chi connectivity index (χ2v) is 5.79. The van der Waals surface area contributed by atoms with E-state index in [0.717, 1.165) is 18.4 Å². The number of hydrogen-bond donors (Lipinski definition) is 2. The lowest BCUT2D eigenvalue weighted by Gasteiger charge is -2.29. The highest BCUT2D eigenvalue weighted by Crippen LogP contribution is 2.24. The van der Waals surface area contributed by atoms with Crippen molar-refractivity contribution < 1.29 is 9.84 Å². The molecule has 0 heterocycles. The number of aliphatic hydroxyl groups is 1. The zero-order valence-electron chi connectivity index (χ0n) is 11.7. The van der Waals surface area contributed by atoms with E-state index < -0.39 is 5.60 Å². The summed E-state index contributed by atoms with van der Waals surface area (Å²) in [7, 11) is 0. The molecular weight excluding hydrogens is 238 g/mol. The average Bonchev–Trinajstić information content (AvgIpc) is 2.62. The van der Waals surface area contributed by atoms with Crippen LogP contribution in [0.5, 0.6) is 0 Å². The molecule has 3 heteroatoms. The number of nitrogens with two attached hydrogens (primary N) is 1. The Labute approximate surface area is 115 Å². The van der Waals surface area contributed by atoms with Crippen LogP contribution in [0.25, 0.3) is 0 Å². The summed E-state index contributed by atoms with van der Waals surface area (Å²) in [5, 5.41) is 10.5. The molecule has 0 bridgehead atoms. The molecule has 1 saturated carbocycles. The van der Waals surface area contributed by atoms with Crippen LogP contribution in [-0.4, -0.2) is 23.9 Å². The summed E-state index contributed by atoms with van der Waals surface area (Å²) in [6.45, 7) is 2.10. The van der Waals surface area contributed by atoms with Crippen molar-refractivity contribution in [3.8, 4) is 0 Å². The fourth-order valence-corrected chi connectivity index (χ4v) is 2.66. The first-order valence-electron chi connectivity index (χ1n) is 7.25. The molecule has 0 aromatic heterocycles. The van der Waals surface area contributed by atoms with Gasteiger partial charge in [-0.15, -0.1) is 0 Å². The molecule has 106 valence electrons. The minimum absolute atomic E-state index is 0.0812. The average molecular weight is 263 g/mol. The SMILES string of the molecule is CC(O)(COC1CCCCCC1N)c1ccccc1. The lowest BCUT2D eigenvalue weighted by atomic mass is 9.97. The topological polar surface area (TPSA) is 55.5 Å². The number of rotatable bonds is 4. The van der Waals surface area contributed by atoms with E-state index in [-0.39, 0.29) is 12.1 Å². The minimum atomic E-state index is -0.951. The van der Waals surface area contributed by atoms with Gasteiger partial charge in [0.15, 0.2) is 0 Å². The Bertz CT molecular complexity index is 378. The molecule has 1 aromatic rings. The van der Waals surface area contributed by atoms with Gasteiger partial charge in [-0.05, 0) is 25.3 Å². The van der Waals surface area contributed by atoms with E-state index >= 15 is 0 Å². The van der Waals surface area contributed by atoms with Gasteiger partial charge in [0.1, 0.15) is 5.60 Å². The maximum Gasteiger partial charge on any atom is 0.110 e. The normalized spacial score (nSPS) is 27.5. The Balaban J connectivity index is 1.93. The highest BCUT2D eigenvalue weighted by Gasteiger charge is 2.27. The molecule has 19 heavy (non-hydrogen) atoms. The van der Waals surface area contributed by atoms with Crippen molar-refractivity contribution in [1.29, 1.82) is 0 Å². The van der Waals surface area contributed by atoms with Crippen molar-refractivity contribution in [1.82, 2.24) is 0 Å². The van der Waals surface area contributed by atoms with E-state index in [9.17, 15) is 5.11 Å². The van der Waals surface area contributed by atoms with Crippen molar-refractivity contribution in [3.63, 3.8) is 0 Å². The third-order valence-electron chi connectivity index (χ3n) is 3.98. The molecule has 3 nitrogen and oxygen atoms in total. The van der Waals surface area contributed by atoms with Crippen LogP contribution in [0.15, 0.2) is 30.3 Å². The van der Waals surface area contributed by atoms with Crippen LogP contribution in [-0.2, 0) is 10.3 Å². The minimum Gasteiger partial charge on any atom is -0.383 e. The van der Waals surface area contributed by atoms with Crippen LogP contribution in [0.1, 0.15) is 44.6 Å². The first kappa shape index (κ1) is 14.5. The lowest BCUT2D eigenvalue weighted by molar-refractivity contribution is -0.0745. The molecule has 1 aliphatic carbocycles. The van der Waals surface area contributed by atoms with E-state index in [1.807, 2.05) is 30.3 Å². The first-order chi connectivity index (χ1) is 9.09. The summed E-state index contributed by atoms with van der Waals surface area (Å²) in [4.78, 5) is 0. The Morgan fingerprint density at radius 1 is 1.21 bits per heavy atom. The molecular formula is C16H25NO2. The van der Waals surface area contributed by atoms with E-state index in [0.29, 0.717) is 6.61 Å². The molecule has 0 spiro atoms. The third kappa shape index (κ3) is 4.03. The molecule has 0 amide bonds. The summed E-state index contributed by atoms with van der Waals surface area (Å²) >= 11 is 0. The Morgan fingerprint density at radius 3 is 2.63 bits per heavy atom. The van der Waals surface area contributed by atoms with Gasteiger partial charge in [-0.1, -0.05) is 49.6 Å². The quantitative estimate of drug-likeness (QED) is 0.821.